The SMILES string of the molecule is Cc1ccc(F)cc1C(Br)c1cc(Cl)cc2c1OCC2. The Labute approximate surface area is 130 Å². The van der Waals surface area contributed by atoms with Crippen LogP contribution < -0.4 is 4.74 Å². The van der Waals surface area contributed by atoms with Crippen LogP contribution in [0.4, 0.5) is 4.39 Å². The third-order valence-corrected chi connectivity index (χ3v) is 4.77. The monoisotopic (exact) mass is 354 g/mol. The van der Waals surface area contributed by atoms with Crippen LogP contribution in [0.3, 0.4) is 0 Å². The number of benzene rings is 2. The van der Waals surface area contributed by atoms with Gasteiger partial charge in [0.05, 0.1) is 11.4 Å². The molecule has 3 rings (SSSR count). The van der Waals surface area contributed by atoms with Crippen LogP contribution in [0.2, 0.25) is 5.02 Å². The van der Waals surface area contributed by atoms with E-state index >= 15 is 0 Å². The smallest absolute Gasteiger partial charge is 0.127 e. The van der Waals surface area contributed by atoms with E-state index in [4.69, 9.17) is 16.3 Å². The summed E-state index contributed by atoms with van der Waals surface area (Å²) in [4.78, 5) is -0.135. The summed E-state index contributed by atoms with van der Waals surface area (Å²) in [7, 11) is 0. The van der Waals surface area contributed by atoms with E-state index in [1.54, 1.807) is 12.1 Å². The quantitative estimate of drug-likeness (QED) is 0.672. The summed E-state index contributed by atoms with van der Waals surface area (Å²) in [5.41, 5.74) is 4.00. The predicted molar refractivity (Wildman–Crippen MR) is 82.6 cm³/mol. The third-order valence-electron chi connectivity index (χ3n) is 3.56. The van der Waals surface area contributed by atoms with Gasteiger partial charge in [-0.3, -0.25) is 0 Å². The predicted octanol–water partition coefficient (Wildman–Crippen LogP) is 5.21. The van der Waals surface area contributed by atoms with E-state index in [9.17, 15) is 4.39 Å². The molecule has 20 heavy (non-hydrogen) atoms. The average Bonchev–Trinajstić information content (AvgIpc) is 2.87. The first-order chi connectivity index (χ1) is 9.56. The lowest BCUT2D eigenvalue weighted by atomic mass is 9.98. The lowest BCUT2D eigenvalue weighted by Crippen LogP contribution is -2.00. The van der Waals surface area contributed by atoms with Gasteiger partial charge in [0.15, 0.2) is 0 Å². The van der Waals surface area contributed by atoms with E-state index in [0.717, 1.165) is 34.4 Å². The highest BCUT2D eigenvalue weighted by molar-refractivity contribution is 9.09. The van der Waals surface area contributed by atoms with Gasteiger partial charge in [-0.25, -0.2) is 4.39 Å². The van der Waals surface area contributed by atoms with Crippen molar-refractivity contribution in [2.45, 2.75) is 18.2 Å². The summed E-state index contributed by atoms with van der Waals surface area (Å²) in [5.74, 6) is 0.634. The first kappa shape index (κ1) is 13.9. The van der Waals surface area contributed by atoms with E-state index in [0.29, 0.717) is 11.6 Å². The second kappa shape index (κ2) is 5.38. The standard InChI is InChI=1S/C16H13BrClFO/c1-9-2-3-12(19)8-13(9)15(17)14-7-11(18)6-10-4-5-20-16(10)14/h2-3,6-8,15H,4-5H2,1H3. The Bertz CT molecular complexity index is 672. The van der Waals surface area contributed by atoms with Crippen molar-refractivity contribution in [1.29, 1.82) is 0 Å². The molecule has 4 heteroatoms. The molecule has 1 nitrogen and oxygen atoms in total. The van der Waals surface area contributed by atoms with Crippen LogP contribution in [0.25, 0.3) is 0 Å². The maximum atomic E-state index is 13.5. The molecular formula is C16H13BrClFO. The zero-order valence-corrected chi connectivity index (χ0v) is 13.3. The molecule has 0 bridgehead atoms. The summed E-state index contributed by atoms with van der Waals surface area (Å²) in [6, 6.07) is 8.63. The molecule has 0 spiro atoms. The molecule has 0 aliphatic carbocycles. The largest absolute Gasteiger partial charge is 0.493 e. The molecule has 0 radical (unpaired) electrons. The fourth-order valence-corrected chi connectivity index (χ4v) is 3.62. The number of hydrogen-bond donors (Lipinski definition) is 0. The van der Waals surface area contributed by atoms with Gasteiger partial charge in [-0.1, -0.05) is 33.6 Å². The molecule has 0 saturated carbocycles. The highest BCUT2D eigenvalue weighted by Gasteiger charge is 2.24. The van der Waals surface area contributed by atoms with Crippen LogP contribution in [0.15, 0.2) is 30.3 Å². The maximum Gasteiger partial charge on any atom is 0.127 e. The Morgan fingerprint density at radius 2 is 2.05 bits per heavy atom. The first-order valence-corrected chi connectivity index (χ1v) is 7.71. The van der Waals surface area contributed by atoms with E-state index < -0.39 is 0 Å². The van der Waals surface area contributed by atoms with Crippen LogP contribution in [0.1, 0.15) is 27.1 Å². The molecular weight excluding hydrogens is 343 g/mol. The molecule has 2 aromatic carbocycles. The number of ether oxygens (including phenoxy) is 1. The Morgan fingerprint density at radius 3 is 2.85 bits per heavy atom. The highest BCUT2D eigenvalue weighted by atomic mass is 79.9. The van der Waals surface area contributed by atoms with E-state index in [1.165, 1.54) is 6.07 Å². The van der Waals surface area contributed by atoms with Gasteiger partial charge in [-0.05, 0) is 47.9 Å². The Hall–Kier alpha value is -1.06. The Balaban J connectivity index is 2.11. The minimum Gasteiger partial charge on any atom is -0.493 e. The maximum absolute atomic E-state index is 13.5. The molecule has 2 aromatic rings. The molecule has 0 saturated heterocycles. The van der Waals surface area contributed by atoms with Crippen molar-refractivity contribution >= 4 is 27.5 Å². The Kier molecular flexibility index (Phi) is 3.74. The van der Waals surface area contributed by atoms with Crippen LogP contribution >= 0.6 is 27.5 Å². The van der Waals surface area contributed by atoms with E-state index in [-0.39, 0.29) is 10.6 Å². The summed E-state index contributed by atoms with van der Waals surface area (Å²) in [6.45, 7) is 2.64. The van der Waals surface area contributed by atoms with Crippen molar-refractivity contribution in [2.24, 2.45) is 0 Å². The Morgan fingerprint density at radius 1 is 1.25 bits per heavy atom. The van der Waals surface area contributed by atoms with Gasteiger partial charge < -0.3 is 4.74 Å². The molecule has 1 unspecified atom stereocenters. The zero-order valence-electron chi connectivity index (χ0n) is 10.9. The van der Waals surface area contributed by atoms with Crippen molar-refractivity contribution in [3.63, 3.8) is 0 Å². The minimum atomic E-state index is -0.241. The highest BCUT2D eigenvalue weighted by Crippen LogP contribution is 2.43. The fraction of sp³-hybridized carbons (Fsp3) is 0.250. The van der Waals surface area contributed by atoms with Crippen LogP contribution in [-0.2, 0) is 6.42 Å². The van der Waals surface area contributed by atoms with Gasteiger partial charge >= 0.3 is 0 Å². The van der Waals surface area contributed by atoms with Crippen molar-refractivity contribution in [2.75, 3.05) is 6.61 Å². The molecule has 104 valence electrons. The van der Waals surface area contributed by atoms with Gasteiger partial charge in [-0.15, -0.1) is 0 Å². The second-order valence-corrected chi connectivity index (χ2v) is 6.30. The number of hydrogen-bond acceptors (Lipinski definition) is 1. The summed E-state index contributed by atoms with van der Waals surface area (Å²) < 4.78 is 19.2. The zero-order chi connectivity index (χ0) is 14.3. The first-order valence-electron chi connectivity index (χ1n) is 6.41. The number of alkyl halides is 1. The fourth-order valence-electron chi connectivity index (χ4n) is 2.54. The summed E-state index contributed by atoms with van der Waals surface area (Å²) in [5, 5.41) is 0.683. The lowest BCUT2D eigenvalue weighted by molar-refractivity contribution is 0.354. The average molecular weight is 356 g/mol. The molecule has 1 aliphatic rings. The van der Waals surface area contributed by atoms with Crippen molar-refractivity contribution < 1.29 is 9.13 Å². The molecule has 1 aliphatic heterocycles. The van der Waals surface area contributed by atoms with E-state index in [1.807, 2.05) is 19.1 Å². The van der Waals surface area contributed by atoms with Crippen molar-refractivity contribution in [3.05, 3.63) is 63.4 Å². The lowest BCUT2D eigenvalue weighted by Gasteiger charge is -2.17. The number of halogens is 3. The normalized spacial score (nSPS) is 14.8. The molecule has 0 aromatic heterocycles. The van der Waals surface area contributed by atoms with E-state index in [2.05, 4.69) is 15.9 Å². The van der Waals surface area contributed by atoms with Crippen molar-refractivity contribution in [3.8, 4) is 5.75 Å². The van der Waals surface area contributed by atoms with Gasteiger partial charge in [-0.2, -0.15) is 0 Å². The van der Waals surface area contributed by atoms with Gasteiger partial charge in [0.1, 0.15) is 11.6 Å². The van der Waals surface area contributed by atoms with Crippen LogP contribution in [-0.4, -0.2) is 6.61 Å². The molecule has 1 heterocycles. The van der Waals surface area contributed by atoms with Gasteiger partial charge in [0, 0.05) is 17.0 Å². The second-order valence-electron chi connectivity index (χ2n) is 4.95. The molecule has 0 amide bonds. The third kappa shape index (κ3) is 2.45. The number of fused-ring (bicyclic) bond motifs is 1. The minimum absolute atomic E-state index is 0.135. The summed E-state index contributed by atoms with van der Waals surface area (Å²) in [6.07, 6.45) is 0.866. The summed E-state index contributed by atoms with van der Waals surface area (Å²) >= 11 is 9.84. The van der Waals surface area contributed by atoms with Crippen LogP contribution in [0.5, 0.6) is 5.75 Å². The van der Waals surface area contributed by atoms with Gasteiger partial charge in [0.2, 0.25) is 0 Å². The van der Waals surface area contributed by atoms with Gasteiger partial charge in [0.25, 0.3) is 0 Å². The molecule has 1 atom stereocenters. The molecule has 0 N–H and O–H groups in total. The van der Waals surface area contributed by atoms with Crippen molar-refractivity contribution in [1.82, 2.24) is 0 Å². The van der Waals surface area contributed by atoms with Crippen LogP contribution in [0, 0.1) is 12.7 Å². The number of rotatable bonds is 2. The topological polar surface area (TPSA) is 9.23 Å². The molecule has 0 fully saturated rings. The number of aryl methyl sites for hydroxylation is 1.